The van der Waals surface area contributed by atoms with Gasteiger partial charge in [0.15, 0.2) is 0 Å². The predicted octanol–water partition coefficient (Wildman–Crippen LogP) is 7.41. The molecule has 1 fully saturated rings. The van der Waals surface area contributed by atoms with Crippen molar-refractivity contribution in [3.05, 3.63) is 65.2 Å². The Kier molecular flexibility index (Phi) is 8.69. The van der Waals surface area contributed by atoms with Crippen LogP contribution in [0.2, 0.25) is 0 Å². The summed E-state index contributed by atoms with van der Waals surface area (Å²) in [6, 6.07) is 16.9. The highest BCUT2D eigenvalue weighted by Gasteiger charge is 2.19. The molecule has 0 radical (unpaired) electrons. The molecule has 0 aliphatic heterocycles. The van der Waals surface area contributed by atoms with E-state index in [4.69, 9.17) is 4.74 Å². The zero-order chi connectivity index (χ0) is 20.3. The van der Waals surface area contributed by atoms with Gasteiger partial charge in [0.2, 0.25) is 0 Å². The summed E-state index contributed by atoms with van der Waals surface area (Å²) in [5.74, 6) is 9.41. The van der Waals surface area contributed by atoms with Crippen molar-refractivity contribution in [3.8, 4) is 17.6 Å². The molecule has 1 nitrogen and oxygen atoms in total. The second kappa shape index (κ2) is 11.7. The van der Waals surface area contributed by atoms with E-state index in [2.05, 4.69) is 50.0 Å². The Labute approximate surface area is 177 Å². The Balaban J connectivity index is 1.46. The summed E-state index contributed by atoms with van der Waals surface area (Å²) in [4.78, 5) is 0. The second-order valence-electron chi connectivity index (χ2n) is 8.51. The molecule has 0 amide bonds. The summed E-state index contributed by atoms with van der Waals surface area (Å²) in [5, 5.41) is 0. The van der Waals surface area contributed by atoms with E-state index < -0.39 is 0 Å². The molecule has 1 heteroatoms. The van der Waals surface area contributed by atoms with Crippen molar-refractivity contribution in [1.29, 1.82) is 0 Å². The maximum atomic E-state index is 5.71. The summed E-state index contributed by atoms with van der Waals surface area (Å²) < 4.78 is 5.71. The van der Waals surface area contributed by atoms with Crippen LogP contribution in [0.4, 0.5) is 0 Å². The van der Waals surface area contributed by atoms with Crippen LogP contribution in [0.3, 0.4) is 0 Å². The van der Waals surface area contributed by atoms with Gasteiger partial charge >= 0.3 is 0 Å². The van der Waals surface area contributed by atoms with Gasteiger partial charge in [-0.2, -0.15) is 0 Å². The van der Waals surface area contributed by atoms with Crippen molar-refractivity contribution in [2.75, 3.05) is 6.61 Å². The fourth-order valence-electron chi connectivity index (χ4n) is 4.17. The van der Waals surface area contributed by atoms with Gasteiger partial charge in [0, 0.05) is 11.1 Å². The molecule has 154 valence electrons. The minimum absolute atomic E-state index is 0.786. The number of hydrogen-bond acceptors (Lipinski definition) is 1. The molecule has 0 unspecified atom stereocenters. The number of rotatable bonds is 8. The van der Waals surface area contributed by atoms with E-state index >= 15 is 0 Å². The summed E-state index contributed by atoms with van der Waals surface area (Å²) in [7, 11) is 0. The lowest BCUT2D eigenvalue weighted by molar-refractivity contribution is 0.259. The lowest BCUT2D eigenvalue weighted by Gasteiger charge is -2.27. The van der Waals surface area contributed by atoms with Crippen LogP contribution in [-0.4, -0.2) is 6.61 Å². The van der Waals surface area contributed by atoms with Crippen LogP contribution in [0.1, 0.15) is 81.9 Å². The van der Waals surface area contributed by atoms with Crippen molar-refractivity contribution < 1.29 is 4.74 Å². The Bertz CT molecular complexity index is 768. The van der Waals surface area contributed by atoms with E-state index in [1.165, 1.54) is 50.5 Å². The number of unbranched alkanes of at least 4 members (excludes halogenated alkanes) is 1. The second-order valence-corrected chi connectivity index (χ2v) is 8.51. The third kappa shape index (κ3) is 7.28. The minimum Gasteiger partial charge on any atom is -0.494 e. The van der Waals surface area contributed by atoms with Gasteiger partial charge < -0.3 is 4.74 Å². The van der Waals surface area contributed by atoms with Gasteiger partial charge in [-0.1, -0.05) is 76.3 Å². The fourth-order valence-corrected chi connectivity index (χ4v) is 4.17. The molecule has 1 saturated carbocycles. The van der Waals surface area contributed by atoms with Gasteiger partial charge in [0.05, 0.1) is 6.61 Å². The maximum absolute atomic E-state index is 5.71. The highest BCUT2D eigenvalue weighted by molar-refractivity contribution is 5.44. The van der Waals surface area contributed by atoms with Crippen molar-refractivity contribution >= 4 is 0 Å². The maximum Gasteiger partial charge on any atom is 0.119 e. The molecule has 3 rings (SSSR count). The predicted molar refractivity (Wildman–Crippen MR) is 123 cm³/mol. The fraction of sp³-hybridized carbons (Fsp3) is 0.500. The quantitative estimate of drug-likeness (QED) is 0.338. The van der Waals surface area contributed by atoms with Crippen LogP contribution in [-0.2, 0) is 6.42 Å². The zero-order valence-electron chi connectivity index (χ0n) is 18.3. The molecule has 0 heterocycles. The van der Waals surface area contributed by atoms with E-state index in [9.17, 15) is 0 Å². The van der Waals surface area contributed by atoms with Gasteiger partial charge in [-0.25, -0.2) is 0 Å². The molecule has 29 heavy (non-hydrogen) atoms. The van der Waals surface area contributed by atoms with E-state index in [1.54, 1.807) is 0 Å². The van der Waals surface area contributed by atoms with E-state index in [0.29, 0.717) is 0 Å². The highest BCUT2D eigenvalue weighted by atomic mass is 16.5. The molecule has 2 aromatic carbocycles. The van der Waals surface area contributed by atoms with E-state index in [1.807, 2.05) is 24.3 Å². The molecular formula is C28H36O. The minimum atomic E-state index is 0.786. The SMILES string of the molecule is CCCCOc1ccc(C#Cc2ccc(CC[C@H]3CC[C@H](CC)CC3)cc2)cc1. The van der Waals surface area contributed by atoms with Crippen LogP contribution in [0, 0.1) is 23.7 Å². The average Bonchev–Trinajstić information content (AvgIpc) is 2.78. The average molecular weight is 389 g/mol. The molecule has 1 aliphatic rings. The largest absolute Gasteiger partial charge is 0.494 e. The first-order valence-electron chi connectivity index (χ1n) is 11.6. The van der Waals surface area contributed by atoms with Crippen molar-refractivity contribution in [3.63, 3.8) is 0 Å². The zero-order valence-corrected chi connectivity index (χ0v) is 18.3. The van der Waals surface area contributed by atoms with E-state index in [0.717, 1.165) is 48.2 Å². The van der Waals surface area contributed by atoms with Crippen LogP contribution in [0.25, 0.3) is 0 Å². The number of benzene rings is 2. The Morgan fingerprint density at radius 1 is 0.793 bits per heavy atom. The third-order valence-electron chi connectivity index (χ3n) is 6.31. The molecule has 2 aromatic rings. The van der Waals surface area contributed by atoms with Gasteiger partial charge in [0.25, 0.3) is 0 Å². The first kappa shape index (κ1) is 21.5. The smallest absolute Gasteiger partial charge is 0.119 e. The topological polar surface area (TPSA) is 9.23 Å². The number of aryl methyl sites for hydroxylation is 1. The number of hydrogen-bond donors (Lipinski definition) is 0. The Morgan fingerprint density at radius 3 is 1.97 bits per heavy atom. The highest BCUT2D eigenvalue weighted by Crippen LogP contribution is 2.33. The molecule has 0 atom stereocenters. The number of ether oxygens (including phenoxy) is 1. The van der Waals surface area contributed by atoms with E-state index in [-0.39, 0.29) is 0 Å². The summed E-state index contributed by atoms with van der Waals surface area (Å²) in [5.41, 5.74) is 3.56. The van der Waals surface area contributed by atoms with Gasteiger partial charge in [-0.3, -0.25) is 0 Å². The van der Waals surface area contributed by atoms with Crippen LogP contribution < -0.4 is 4.74 Å². The van der Waals surface area contributed by atoms with Crippen molar-refractivity contribution in [1.82, 2.24) is 0 Å². The van der Waals surface area contributed by atoms with Gasteiger partial charge in [0.1, 0.15) is 5.75 Å². The lowest BCUT2D eigenvalue weighted by atomic mass is 9.78. The monoisotopic (exact) mass is 388 g/mol. The molecule has 0 spiro atoms. The van der Waals surface area contributed by atoms with Crippen molar-refractivity contribution in [2.24, 2.45) is 11.8 Å². The van der Waals surface area contributed by atoms with Gasteiger partial charge in [-0.15, -0.1) is 0 Å². The molecule has 0 N–H and O–H groups in total. The molecule has 0 aromatic heterocycles. The molecule has 0 bridgehead atoms. The first-order valence-corrected chi connectivity index (χ1v) is 11.6. The van der Waals surface area contributed by atoms with Crippen LogP contribution in [0.15, 0.2) is 48.5 Å². The molecule has 0 saturated heterocycles. The normalized spacial score (nSPS) is 18.7. The Morgan fingerprint density at radius 2 is 1.38 bits per heavy atom. The van der Waals surface area contributed by atoms with Crippen LogP contribution >= 0.6 is 0 Å². The van der Waals surface area contributed by atoms with Gasteiger partial charge in [-0.05, 0) is 73.1 Å². The molecule has 1 aliphatic carbocycles. The molecular weight excluding hydrogens is 352 g/mol. The van der Waals surface area contributed by atoms with Crippen LogP contribution in [0.5, 0.6) is 5.75 Å². The lowest BCUT2D eigenvalue weighted by Crippen LogP contribution is -2.14. The van der Waals surface area contributed by atoms with Crippen molar-refractivity contribution in [2.45, 2.75) is 71.6 Å². The summed E-state index contributed by atoms with van der Waals surface area (Å²) in [6.45, 7) is 5.30. The summed E-state index contributed by atoms with van der Waals surface area (Å²) in [6.07, 6.45) is 11.9. The summed E-state index contributed by atoms with van der Waals surface area (Å²) >= 11 is 0. The standard InChI is InChI=1S/C28H36O/c1-3-5-22-29-28-20-18-27(19-21-28)17-16-26-14-12-25(13-15-26)11-10-24-8-6-23(4-2)7-9-24/h12-15,18-21,23-24H,3-11,22H2,1-2H3/t23-,24-. The first-order chi connectivity index (χ1) is 14.3. The third-order valence-corrected chi connectivity index (χ3v) is 6.31. The Hall–Kier alpha value is -2.20.